The number of rotatable bonds is 1. The van der Waals surface area contributed by atoms with Gasteiger partial charge in [0.2, 0.25) is 0 Å². The van der Waals surface area contributed by atoms with Crippen molar-refractivity contribution in [2.75, 3.05) is 5.32 Å². The van der Waals surface area contributed by atoms with Crippen LogP contribution in [0.25, 0.3) is 0 Å². The maximum Gasteiger partial charge on any atom is 0.329 e. The van der Waals surface area contributed by atoms with Crippen molar-refractivity contribution in [3.8, 4) is 0 Å². The van der Waals surface area contributed by atoms with Crippen LogP contribution >= 0.6 is 0 Å². The molecule has 0 saturated carbocycles. The summed E-state index contributed by atoms with van der Waals surface area (Å²) in [5.41, 5.74) is 2.34. The zero-order valence-corrected chi connectivity index (χ0v) is 8.29. The fourth-order valence-corrected chi connectivity index (χ4v) is 1.81. The first-order valence-corrected chi connectivity index (χ1v) is 4.62. The number of hydrogen-bond acceptors (Lipinski definition) is 2. The van der Waals surface area contributed by atoms with Gasteiger partial charge in [-0.3, -0.25) is 0 Å². The van der Waals surface area contributed by atoms with Crippen LogP contribution in [0.1, 0.15) is 18.1 Å². The van der Waals surface area contributed by atoms with Gasteiger partial charge in [-0.25, -0.2) is 4.79 Å². The fraction of sp³-hybridized carbons (Fsp3) is 0.364. The molecule has 2 N–H and O–H groups in total. The lowest BCUT2D eigenvalue weighted by Crippen LogP contribution is -2.41. The summed E-state index contributed by atoms with van der Waals surface area (Å²) in [5, 5.41) is 12.1. The molecule has 1 heterocycles. The lowest BCUT2D eigenvalue weighted by atomic mass is 9.98. The molecule has 3 nitrogen and oxygen atoms in total. The molecular weight excluding hydrogens is 178 g/mol. The minimum atomic E-state index is -0.837. The van der Waals surface area contributed by atoms with E-state index in [-0.39, 0.29) is 0 Å². The first kappa shape index (κ1) is 9.06. The van der Waals surface area contributed by atoms with Crippen molar-refractivity contribution < 1.29 is 9.90 Å². The lowest BCUT2D eigenvalue weighted by molar-refractivity contribution is -0.141. The van der Waals surface area contributed by atoms with Gasteiger partial charge in [-0.05, 0) is 31.0 Å². The third-order valence-corrected chi connectivity index (χ3v) is 2.69. The number of aliphatic carboxylic acids is 1. The Labute approximate surface area is 82.8 Å². The van der Waals surface area contributed by atoms with Gasteiger partial charge in [0.15, 0.2) is 0 Å². The maximum absolute atomic E-state index is 11.0. The maximum atomic E-state index is 11.0. The van der Waals surface area contributed by atoms with Crippen LogP contribution in [0.4, 0.5) is 5.69 Å². The second kappa shape index (κ2) is 2.74. The minimum absolute atomic E-state index is 0.554. The molecule has 0 aliphatic carbocycles. The van der Waals surface area contributed by atoms with E-state index in [1.54, 1.807) is 6.92 Å². The van der Waals surface area contributed by atoms with Gasteiger partial charge >= 0.3 is 5.97 Å². The summed E-state index contributed by atoms with van der Waals surface area (Å²) in [6, 6.07) is 5.99. The summed E-state index contributed by atoms with van der Waals surface area (Å²) < 4.78 is 0. The molecule has 1 aliphatic rings. The van der Waals surface area contributed by atoms with Crippen molar-refractivity contribution in [2.45, 2.75) is 25.8 Å². The second-order valence-corrected chi connectivity index (χ2v) is 4.10. The normalized spacial score (nSPS) is 24.1. The topological polar surface area (TPSA) is 49.3 Å². The molecule has 1 unspecified atom stereocenters. The highest BCUT2D eigenvalue weighted by Crippen LogP contribution is 2.32. The zero-order valence-electron chi connectivity index (χ0n) is 8.29. The van der Waals surface area contributed by atoms with Crippen LogP contribution in [0, 0.1) is 6.92 Å². The predicted octanol–water partition coefficient (Wildman–Crippen LogP) is 1.81. The van der Waals surface area contributed by atoms with Crippen molar-refractivity contribution >= 4 is 11.7 Å². The number of carboxylic acid groups (broad SMARTS) is 1. The molecule has 0 saturated heterocycles. The zero-order chi connectivity index (χ0) is 10.3. The number of aryl methyl sites for hydroxylation is 1. The number of anilines is 1. The van der Waals surface area contributed by atoms with Gasteiger partial charge in [-0.2, -0.15) is 0 Å². The third-order valence-electron chi connectivity index (χ3n) is 2.69. The lowest BCUT2D eigenvalue weighted by Gasteiger charge is -2.18. The summed E-state index contributed by atoms with van der Waals surface area (Å²) in [7, 11) is 0. The van der Waals surface area contributed by atoms with Gasteiger partial charge < -0.3 is 10.4 Å². The minimum Gasteiger partial charge on any atom is -0.480 e. The average molecular weight is 191 g/mol. The van der Waals surface area contributed by atoms with Crippen LogP contribution in [0.5, 0.6) is 0 Å². The van der Waals surface area contributed by atoms with Crippen molar-refractivity contribution in [3.63, 3.8) is 0 Å². The third kappa shape index (κ3) is 1.25. The monoisotopic (exact) mass is 191 g/mol. The van der Waals surface area contributed by atoms with E-state index >= 15 is 0 Å². The number of benzene rings is 1. The molecule has 1 atom stereocenters. The van der Waals surface area contributed by atoms with E-state index in [4.69, 9.17) is 5.11 Å². The average Bonchev–Trinajstić information content (AvgIpc) is 2.42. The number of hydrogen-bond donors (Lipinski definition) is 2. The summed E-state index contributed by atoms with van der Waals surface area (Å²) in [5.74, 6) is -0.800. The molecule has 0 fully saturated rings. The Hall–Kier alpha value is -1.51. The van der Waals surface area contributed by atoms with E-state index in [1.165, 1.54) is 0 Å². The highest BCUT2D eigenvalue weighted by atomic mass is 16.4. The molecule has 1 aromatic rings. The molecule has 74 valence electrons. The Morgan fingerprint density at radius 1 is 1.57 bits per heavy atom. The highest BCUT2D eigenvalue weighted by Gasteiger charge is 2.38. The Bertz CT molecular complexity index is 400. The van der Waals surface area contributed by atoms with Crippen LogP contribution in [-0.4, -0.2) is 16.6 Å². The number of nitrogens with one attached hydrogen (secondary N) is 1. The summed E-state index contributed by atoms with van der Waals surface area (Å²) in [6.07, 6.45) is 0.554. The molecule has 0 bridgehead atoms. The smallest absolute Gasteiger partial charge is 0.329 e. The van der Waals surface area contributed by atoms with E-state index in [0.717, 1.165) is 16.8 Å². The number of carbonyl (C=O) groups is 1. The predicted molar refractivity (Wildman–Crippen MR) is 54.5 cm³/mol. The molecule has 3 heteroatoms. The molecule has 0 spiro atoms. The Balaban J connectivity index is 2.39. The molecular formula is C11H13NO2. The summed E-state index contributed by atoms with van der Waals surface area (Å²) in [6.45, 7) is 3.71. The fourth-order valence-electron chi connectivity index (χ4n) is 1.81. The number of carboxylic acids is 1. The Morgan fingerprint density at radius 3 is 2.93 bits per heavy atom. The Morgan fingerprint density at radius 2 is 2.29 bits per heavy atom. The van der Waals surface area contributed by atoms with Crippen LogP contribution in [-0.2, 0) is 11.2 Å². The largest absolute Gasteiger partial charge is 0.480 e. The molecule has 0 amide bonds. The van der Waals surface area contributed by atoms with Crippen molar-refractivity contribution in [3.05, 3.63) is 29.3 Å². The number of fused-ring (bicyclic) bond motifs is 1. The van der Waals surface area contributed by atoms with E-state index < -0.39 is 11.5 Å². The van der Waals surface area contributed by atoms with Gasteiger partial charge in [0.25, 0.3) is 0 Å². The SMILES string of the molecule is Cc1ccc2c(c1)NC(C)(C(=O)O)C2. The van der Waals surface area contributed by atoms with Crippen LogP contribution in [0.3, 0.4) is 0 Å². The van der Waals surface area contributed by atoms with E-state index in [9.17, 15) is 4.79 Å². The molecule has 0 aromatic heterocycles. The van der Waals surface area contributed by atoms with Gasteiger partial charge in [-0.1, -0.05) is 12.1 Å². The van der Waals surface area contributed by atoms with Gasteiger partial charge in [-0.15, -0.1) is 0 Å². The van der Waals surface area contributed by atoms with E-state index in [0.29, 0.717) is 6.42 Å². The van der Waals surface area contributed by atoms with Crippen LogP contribution in [0.2, 0.25) is 0 Å². The van der Waals surface area contributed by atoms with Gasteiger partial charge in [0, 0.05) is 12.1 Å². The Kier molecular flexibility index (Phi) is 1.77. The molecule has 14 heavy (non-hydrogen) atoms. The first-order chi connectivity index (χ1) is 6.51. The van der Waals surface area contributed by atoms with Crippen molar-refractivity contribution in [1.29, 1.82) is 0 Å². The van der Waals surface area contributed by atoms with Gasteiger partial charge in [0.1, 0.15) is 5.54 Å². The molecule has 1 aliphatic heterocycles. The van der Waals surface area contributed by atoms with Gasteiger partial charge in [0.05, 0.1) is 0 Å². The van der Waals surface area contributed by atoms with E-state index in [1.807, 2.05) is 25.1 Å². The standard InChI is InChI=1S/C11H13NO2/c1-7-3-4-8-6-11(2,10(13)14)12-9(8)5-7/h3-5,12H,6H2,1-2H3,(H,13,14). The van der Waals surface area contributed by atoms with Crippen molar-refractivity contribution in [1.82, 2.24) is 0 Å². The van der Waals surface area contributed by atoms with Crippen LogP contribution in [0.15, 0.2) is 18.2 Å². The highest BCUT2D eigenvalue weighted by molar-refractivity contribution is 5.86. The van der Waals surface area contributed by atoms with Crippen molar-refractivity contribution in [2.24, 2.45) is 0 Å². The second-order valence-electron chi connectivity index (χ2n) is 4.10. The van der Waals surface area contributed by atoms with Crippen LogP contribution < -0.4 is 5.32 Å². The summed E-state index contributed by atoms with van der Waals surface area (Å²) >= 11 is 0. The summed E-state index contributed by atoms with van der Waals surface area (Å²) in [4.78, 5) is 11.0. The molecule has 2 rings (SSSR count). The molecule has 0 radical (unpaired) electrons. The van der Waals surface area contributed by atoms with E-state index in [2.05, 4.69) is 5.32 Å². The molecule has 1 aromatic carbocycles. The quantitative estimate of drug-likeness (QED) is 0.711. The first-order valence-electron chi connectivity index (χ1n) is 4.62.